The van der Waals surface area contributed by atoms with Crippen molar-refractivity contribution in [1.29, 1.82) is 0 Å². The number of hydrogen-bond donors (Lipinski definition) is 1. The number of hydrogen-bond acceptors (Lipinski definition) is 4. The molecule has 1 aliphatic rings. The fourth-order valence-electron chi connectivity index (χ4n) is 3.44. The Morgan fingerprint density at radius 3 is 2.33 bits per heavy atom. The Morgan fingerprint density at radius 1 is 1.03 bits per heavy atom. The Bertz CT molecular complexity index is 1140. The van der Waals surface area contributed by atoms with Crippen molar-refractivity contribution in [2.24, 2.45) is 5.92 Å². The lowest BCUT2D eigenvalue weighted by molar-refractivity contribution is -0.145. The van der Waals surface area contributed by atoms with Gasteiger partial charge in [-0.3, -0.25) is 4.79 Å². The van der Waals surface area contributed by atoms with Crippen LogP contribution in [-0.2, 0) is 17.5 Å². The number of nitrogens with one attached hydrogen (secondary N) is 1. The molecule has 172 valence electrons. The normalized spacial score (nSPS) is 18.0. The van der Waals surface area contributed by atoms with Gasteiger partial charge < -0.3 is 5.32 Å². The number of rotatable bonds is 6. The van der Waals surface area contributed by atoms with Gasteiger partial charge in [0.2, 0.25) is 11.7 Å². The topological polar surface area (TPSA) is 54.9 Å². The molecule has 1 saturated carbocycles. The number of thioether (sulfide) groups is 1. The van der Waals surface area contributed by atoms with Gasteiger partial charge in [-0.2, -0.15) is 13.2 Å². The Hall–Kier alpha value is -3.01. The molecule has 0 spiro atoms. The van der Waals surface area contributed by atoms with E-state index in [4.69, 9.17) is 0 Å². The monoisotopic (exact) mass is 479 g/mol. The van der Waals surface area contributed by atoms with Crippen molar-refractivity contribution in [2.75, 3.05) is 0 Å². The number of nitrogens with zero attached hydrogens (tertiary/aromatic N) is 2. The summed E-state index contributed by atoms with van der Waals surface area (Å²) in [7, 11) is 0. The van der Waals surface area contributed by atoms with Gasteiger partial charge in [-0.15, -0.1) is 11.8 Å². The first-order valence-corrected chi connectivity index (χ1v) is 11.0. The highest BCUT2D eigenvalue weighted by atomic mass is 32.2. The van der Waals surface area contributed by atoms with Crippen LogP contribution in [0.15, 0.2) is 59.8 Å². The van der Waals surface area contributed by atoms with Gasteiger partial charge in [0.1, 0.15) is 11.6 Å². The smallest absolute Gasteiger partial charge is 0.352 e. The Labute approximate surface area is 190 Å². The lowest BCUT2D eigenvalue weighted by Gasteiger charge is -2.34. The van der Waals surface area contributed by atoms with Gasteiger partial charge in [0.05, 0.1) is 5.92 Å². The summed E-state index contributed by atoms with van der Waals surface area (Å²) < 4.78 is 65.3. The zero-order valence-electron chi connectivity index (χ0n) is 17.1. The largest absolute Gasteiger partial charge is 0.451 e. The number of carbonyl (C=O) groups excluding carboxylic acids is 1. The minimum Gasteiger partial charge on any atom is -0.352 e. The molecule has 1 aliphatic carbocycles. The number of amides is 1. The van der Waals surface area contributed by atoms with Crippen LogP contribution in [0.1, 0.15) is 24.2 Å². The van der Waals surface area contributed by atoms with Crippen LogP contribution in [0, 0.1) is 17.6 Å². The average molecular weight is 479 g/mol. The second kappa shape index (κ2) is 9.46. The number of carbonyl (C=O) groups is 1. The molecule has 1 N–H and O–H groups in total. The lowest BCUT2D eigenvalue weighted by Crippen LogP contribution is -2.42. The van der Waals surface area contributed by atoms with Gasteiger partial charge in [-0.05, 0) is 54.8 Å². The molecule has 4 rings (SSSR count). The highest BCUT2D eigenvalue weighted by molar-refractivity contribution is 8.00. The fourth-order valence-corrected chi connectivity index (χ4v) is 4.76. The van der Waals surface area contributed by atoms with Crippen LogP contribution in [0.25, 0.3) is 11.1 Å². The Morgan fingerprint density at radius 2 is 1.73 bits per heavy atom. The van der Waals surface area contributed by atoms with Gasteiger partial charge in [0.25, 0.3) is 0 Å². The summed E-state index contributed by atoms with van der Waals surface area (Å²) in [4.78, 5) is 20.0. The second-order valence-electron chi connectivity index (χ2n) is 7.62. The maximum Gasteiger partial charge on any atom is 0.451 e. The molecule has 4 nitrogen and oxygen atoms in total. The Kier molecular flexibility index (Phi) is 6.64. The predicted octanol–water partition coefficient (Wildman–Crippen LogP) is 5.63. The van der Waals surface area contributed by atoms with E-state index in [-0.39, 0.29) is 40.6 Å². The van der Waals surface area contributed by atoms with E-state index in [1.165, 1.54) is 42.1 Å². The van der Waals surface area contributed by atoms with Crippen LogP contribution >= 0.6 is 11.8 Å². The van der Waals surface area contributed by atoms with Crippen molar-refractivity contribution in [2.45, 2.75) is 35.7 Å². The number of benzene rings is 2. The number of alkyl halides is 3. The van der Waals surface area contributed by atoms with Crippen LogP contribution < -0.4 is 5.32 Å². The quantitative estimate of drug-likeness (QED) is 0.466. The second-order valence-corrected chi connectivity index (χ2v) is 8.93. The average Bonchev–Trinajstić information content (AvgIpc) is 2.77. The Balaban J connectivity index is 1.38. The predicted molar refractivity (Wildman–Crippen MR) is 113 cm³/mol. The van der Waals surface area contributed by atoms with Crippen molar-refractivity contribution in [3.8, 4) is 11.1 Å². The van der Waals surface area contributed by atoms with Crippen molar-refractivity contribution < 1.29 is 26.7 Å². The van der Waals surface area contributed by atoms with Gasteiger partial charge in [0, 0.05) is 40.2 Å². The molecule has 2 atom stereocenters. The zero-order chi connectivity index (χ0) is 23.6. The van der Waals surface area contributed by atoms with Crippen LogP contribution in [0.4, 0.5) is 22.0 Å². The third-order valence-electron chi connectivity index (χ3n) is 5.36. The van der Waals surface area contributed by atoms with Crippen molar-refractivity contribution in [3.63, 3.8) is 0 Å². The van der Waals surface area contributed by atoms with Gasteiger partial charge in [-0.1, -0.05) is 6.07 Å². The minimum atomic E-state index is -4.68. The zero-order valence-corrected chi connectivity index (χ0v) is 17.9. The van der Waals surface area contributed by atoms with E-state index in [9.17, 15) is 26.7 Å². The van der Waals surface area contributed by atoms with Crippen LogP contribution in [-0.4, -0.2) is 21.1 Å². The first-order valence-electron chi connectivity index (χ1n) is 10.1. The fraction of sp³-hybridized carbons (Fsp3) is 0.261. The molecule has 0 aliphatic heterocycles. The molecule has 2 unspecified atom stereocenters. The van der Waals surface area contributed by atoms with E-state index in [0.717, 1.165) is 30.1 Å². The molecule has 1 heterocycles. The maximum atomic E-state index is 14.3. The number of halogens is 5. The summed E-state index contributed by atoms with van der Waals surface area (Å²) in [5.74, 6) is -2.58. The van der Waals surface area contributed by atoms with E-state index >= 15 is 0 Å². The highest BCUT2D eigenvalue weighted by Crippen LogP contribution is 2.41. The SMILES string of the molecule is O=C(NCc1ccc(F)c(-c2cnc(C(F)(F)F)nc2)c1)C1CCC1Sc1ccc(F)cc1. The van der Waals surface area contributed by atoms with Crippen LogP contribution in [0.3, 0.4) is 0 Å². The van der Waals surface area contributed by atoms with Crippen molar-refractivity contribution >= 4 is 17.7 Å². The summed E-state index contributed by atoms with van der Waals surface area (Å²) in [5, 5.41) is 2.92. The van der Waals surface area contributed by atoms with Gasteiger partial charge in [-0.25, -0.2) is 18.7 Å². The first-order chi connectivity index (χ1) is 15.7. The van der Waals surface area contributed by atoms with E-state index in [0.29, 0.717) is 5.56 Å². The van der Waals surface area contributed by atoms with E-state index in [1.54, 1.807) is 12.1 Å². The van der Waals surface area contributed by atoms with Gasteiger partial charge in [0.15, 0.2) is 0 Å². The lowest BCUT2D eigenvalue weighted by atomic mass is 9.84. The van der Waals surface area contributed by atoms with E-state index in [2.05, 4.69) is 15.3 Å². The molecular formula is C23H18F5N3OS. The van der Waals surface area contributed by atoms with E-state index in [1.807, 2.05) is 0 Å². The maximum absolute atomic E-state index is 14.3. The molecule has 0 radical (unpaired) electrons. The van der Waals surface area contributed by atoms with Gasteiger partial charge >= 0.3 is 6.18 Å². The highest BCUT2D eigenvalue weighted by Gasteiger charge is 2.37. The molecular weight excluding hydrogens is 461 g/mol. The first kappa shape index (κ1) is 23.2. The van der Waals surface area contributed by atoms with E-state index < -0.39 is 17.8 Å². The summed E-state index contributed by atoms with van der Waals surface area (Å²) in [5.41, 5.74) is 0.731. The molecule has 10 heteroatoms. The number of aromatic nitrogens is 2. The molecule has 0 bridgehead atoms. The van der Waals surface area contributed by atoms with Crippen LogP contribution in [0.5, 0.6) is 0 Å². The summed E-state index contributed by atoms with van der Waals surface area (Å²) in [6, 6.07) is 10.2. The summed E-state index contributed by atoms with van der Waals surface area (Å²) in [6.45, 7) is 0.137. The molecule has 3 aromatic rings. The minimum absolute atomic E-state index is 0.0452. The summed E-state index contributed by atoms with van der Waals surface area (Å²) in [6.07, 6.45) is -1.24. The molecule has 1 fully saturated rings. The van der Waals surface area contributed by atoms with Crippen LogP contribution in [0.2, 0.25) is 0 Å². The standard InChI is InChI=1S/C23H18F5N3OS/c24-15-2-4-16(5-3-15)33-20-8-6-17(20)21(32)29-10-13-1-7-19(25)18(9-13)14-11-30-22(31-12-14)23(26,27)28/h1-5,7,9,11-12,17,20H,6,8,10H2,(H,29,32). The molecule has 33 heavy (non-hydrogen) atoms. The summed E-state index contributed by atoms with van der Waals surface area (Å²) >= 11 is 1.53. The third-order valence-corrected chi connectivity index (χ3v) is 6.77. The molecule has 0 saturated heterocycles. The third kappa shape index (κ3) is 5.50. The molecule has 1 amide bonds. The molecule has 1 aromatic heterocycles. The van der Waals surface area contributed by atoms with Crippen molar-refractivity contribution in [3.05, 3.63) is 77.9 Å². The molecule has 2 aromatic carbocycles. The van der Waals surface area contributed by atoms with Crippen molar-refractivity contribution in [1.82, 2.24) is 15.3 Å².